The van der Waals surface area contributed by atoms with E-state index in [0.29, 0.717) is 0 Å². The predicted molar refractivity (Wildman–Crippen MR) is 248 cm³/mol. The van der Waals surface area contributed by atoms with E-state index in [9.17, 15) is 0 Å². The molecule has 276 valence electrons. The van der Waals surface area contributed by atoms with Crippen molar-refractivity contribution in [3.8, 4) is 33.4 Å². The van der Waals surface area contributed by atoms with Gasteiger partial charge in [-0.25, -0.2) is 0 Å². The summed E-state index contributed by atoms with van der Waals surface area (Å²) < 4.78 is 0. The van der Waals surface area contributed by atoms with Crippen molar-refractivity contribution in [1.29, 1.82) is 0 Å². The lowest BCUT2D eigenvalue weighted by Crippen LogP contribution is -2.36. The van der Waals surface area contributed by atoms with Crippen LogP contribution in [0.15, 0.2) is 200 Å². The molecule has 1 atom stereocenters. The summed E-state index contributed by atoms with van der Waals surface area (Å²) in [5, 5.41) is 7.65. The average Bonchev–Trinajstić information content (AvgIpc) is 3.52. The van der Waals surface area contributed by atoms with Crippen molar-refractivity contribution in [2.45, 2.75) is 24.7 Å². The molecule has 1 heteroatoms. The first kappa shape index (κ1) is 32.8. The Labute approximate surface area is 344 Å². The van der Waals surface area contributed by atoms with Crippen LogP contribution in [0.4, 0.5) is 17.1 Å². The Balaban J connectivity index is 1.14. The Morgan fingerprint density at radius 2 is 0.814 bits per heavy atom. The lowest BCUT2D eigenvalue weighted by Gasteiger charge is -2.46. The monoisotopic (exact) mass is 749 g/mol. The number of rotatable bonds is 3. The topological polar surface area (TPSA) is 3.24 Å². The van der Waals surface area contributed by atoms with Crippen molar-refractivity contribution in [3.05, 3.63) is 234 Å². The van der Waals surface area contributed by atoms with Crippen molar-refractivity contribution in [3.63, 3.8) is 0 Å². The highest BCUT2D eigenvalue weighted by Gasteiger charge is 2.48. The second kappa shape index (κ2) is 11.7. The fourth-order valence-corrected chi connectivity index (χ4v) is 11.5. The fourth-order valence-electron chi connectivity index (χ4n) is 11.5. The van der Waals surface area contributed by atoms with Crippen LogP contribution in [0, 0.1) is 0 Å². The molecule has 0 aromatic heterocycles. The first-order valence-corrected chi connectivity index (χ1v) is 20.8. The summed E-state index contributed by atoms with van der Waals surface area (Å²) in [5.74, 6) is 0. The van der Waals surface area contributed by atoms with Gasteiger partial charge in [0.25, 0.3) is 0 Å². The summed E-state index contributed by atoms with van der Waals surface area (Å²) in [6.45, 7) is 4.75. The van der Waals surface area contributed by atoms with E-state index in [0.717, 1.165) is 11.4 Å². The maximum atomic E-state index is 2.52. The van der Waals surface area contributed by atoms with Gasteiger partial charge in [-0.3, -0.25) is 0 Å². The molecule has 0 radical (unpaired) electrons. The van der Waals surface area contributed by atoms with Crippen LogP contribution in [0.3, 0.4) is 0 Å². The average molecular weight is 750 g/mol. The van der Waals surface area contributed by atoms with Gasteiger partial charge in [0.2, 0.25) is 0 Å². The highest BCUT2D eigenvalue weighted by atomic mass is 15.1. The minimum absolute atomic E-state index is 0.126. The van der Waals surface area contributed by atoms with E-state index in [2.05, 4.69) is 219 Å². The van der Waals surface area contributed by atoms with Gasteiger partial charge < -0.3 is 4.90 Å². The Bertz CT molecular complexity index is 3430. The molecule has 13 rings (SSSR count). The van der Waals surface area contributed by atoms with Crippen LogP contribution in [0.25, 0.3) is 65.7 Å². The standard InChI is InChI=1S/C58H39N/c1-57(2)48-23-8-5-18-41(48)44-31-30-40(35-53(44)57)59(39-29-28-36-14-3-4-15-38(36)34-39)54-33-32-46-43-20-7-10-25-50(43)58(52-27-13-22-47(54)56(46)52)49-24-9-6-19-42(49)45-21-11-16-37-17-12-26-51(58)55(37)45/h3-35H,1-2H3. The summed E-state index contributed by atoms with van der Waals surface area (Å²) in [6, 6.07) is 75.8. The van der Waals surface area contributed by atoms with Crippen molar-refractivity contribution < 1.29 is 0 Å². The third-order valence-corrected chi connectivity index (χ3v) is 14.0. The Morgan fingerprint density at radius 1 is 0.322 bits per heavy atom. The molecule has 10 aromatic carbocycles. The van der Waals surface area contributed by atoms with Gasteiger partial charge >= 0.3 is 0 Å². The molecular formula is C58H39N. The minimum atomic E-state index is -0.524. The second-order valence-electron chi connectivity index (χ2n) is 17.2. The van der Waals surface area contributed by atoms with Gasteiger partial charge in [0.05, 0.1) is 11.1 Å². The molecule has 0 bridgehead atoms. The van der Waals surface area contributed by atoms with Crippen molar-refractivity contribution in [2.75, 3.05) is 4.90 Å². The molecule has 0 fully saturated rings. The van der Waals surface area contributed by atoms with E-state index in [1.807, 2.05) is 0 Å². The third-order valence-electron chi connectivity index (χ3n) is 14.0. The van der Waals surface area contributed by atoms with Crippen molar-refractivity contribution in [2.24, 2.45) is 0 Å². The Morgan fingerprint density at radius 3 is 1.58 bits per heavy atom. The molecule has 0 amide bonds. The second-order valence-corrected chi connectivity index (χ2v) is 17.2. The smallest absolute Gasteiger partial charge is 0.0725 e. The first-order valence-electron chi connectivity index (χ1n) is 20.8. The summed E-state index contributed by atoms with van der Waals surface area (Å²) >= 11 is 0. The summed E-state index contributed by atoms with van der Waals surface area (Å²) in [7, 11) is 0. The lowest BCUT2D eigenvalue weighted by molar-refractivity contribution is 0.660. The van der Waals surface area contributed by atoms with Crippen LogP contribution in [0.5, 0.6) is 0 Å². The van der Waals surface area contributed by atoms with Gasteiger partial charge in [0, 0.05) is 22.2 Å². The molecule has 0 aliphatic heterocycles. The number of fused-ring (bicyclic) bond motifs is 12. The van der Waals surface area contributed by atoms with Crippen LogP contribution in [-0.4, -0.2) is 0 Å². The summed E-state index contributed by atoms with van der Waals surface area (Å²) in [6.07, 6.45) is 0. The van der Waals surface area contributed by atoms with Crippen molar-refractivity contribution in [1.82, 2.24) is 0 Å². The van der Waals surface area contributed by atoms with Gasteiger partial charge in [-0.15, -0.1) is 0 Å². The zero-order chi connectivity index (χ0) is 39.0. The number of nitrogens with zero attached hydrogens (tertiary/aromatic N) is 1. The third kappa shape index (κ3) is 4.19. The molecule has 3 aliphatic rings. The molecule has 1 spiro atoms. The molecule has 0 saturated heterocycles. The number of benzene rings is 10. The van der Waals surface area contributed by atoms with Gasteiger partial charge in [-0.05, 0) is 124 Å². The first-order chi connectivity index (χ1) is 29.0. The van der Waals surface area contributed by atoms with Gasteiger partial charge in [-0.2, -0.15) is 0 Å². The molecule has 1 nitrogen and oxygen atoms in total. The summed E-state index contributed by atoms with van der Waals surface area (Å²) in [4.78, 5) is 2.52. The largest absolute Gasteiger partial charge is 0.310 e. The number of hydrogen-bond acceptors (Lipinski definition) is 1. The maximum Gasteiger partial charge on any atom is 0.0725 e. The van der Waals surface area contributed by atoms with Crippen LogP contribution < -0.4 is 4.90 Å². The number of anilines is 3. The van der Waals surface area contributed by atoms with E-state index < -0.39 is 5.41 Å². The Hall–Kier alpha value is -7.22. The molecule has 1 unspecified atom stereocenters. The number of hydrogen-bond donors (Lipinski definition) is 0. The van der Waals surface area contributed by atoms with E-state index >= 15 is 0 Å². The quantitative estimate of drug-likeness (QED) is 0.174. The minimum Gasteiger partial charge on any atom is -0.310 e. The molecule has 10 aromatic rings. The molecule has 0 saturated carbocycles. The lowest BCUT2D eigenvalue weighted by atomic mass is 9.55. The highest BCUT2D eigenvalue weighted by molar-refractivity contribution is 6.14. The van der Waals surface area contributed by atoms with Crippen LogP contribution in [0.1, 0.15) is 47.2 Å². The maximum absolute atomic E-state index is 2.52. The molecule has 0 N–H and O–H groups in total. The predicted octanol–water partition coefficient (Wildman–Crippen LogP) is 15.3. The van der Waals surface area contributed by atoms with E-state index in [1.54, 1.807) is 0 Å². The molecule has 3 aliphatic carbocycles. The highest BCUT2D eigenvalue weighted by Crippen LogP contribution is 2.62. The normalized spacial score (nSPS) is 16.2. The van der Waals surface area contributed by atoms with Crippen LogP contribution in [0.2, 0.25) is 0 Å². The van der Waals surface area contributed by atoms with E-state index in [4.69, 9.17) is 0 Å². The van der Waals surface area contributed by atoms with Gasteiger partial charge in [0.15, 0.2) is 0 Å². The molecular weight excluding hydrogens is 711 g/mol. The van der Waals surface area contributed by atoms with Gasteiger partial charge in [-0.1, -0.05) is 184 Å². The van der Waals surface area contributed by atoms with Crippen LogP contribution >= 0.6 is 0 Å². The SMILES string of the molecule is CC1(C)c2ccccc2-c2ccc(N(c3ccc4ccccc4c3)c3ccc4c5c(cccc35)C3(c5ccccc5-c5cccc6cccc3c56)c3ccccc3-4)cc21. The summed E-state index contributed by atoms with van der Waals surface area (Å²) in [5.41, 5.74) is 18.8. The van der Waals surface area contributed by atoms with Crippen LogP contribution in [-0.2, 0) is 10.8 Å². The van der Waals surface area contributed by atoms with Gasteiger partial charge in [0.1, 0.15) is 0 Å². The molecule has 0 heterocycles. The molecule has 59 heavy (non-hydrogen) atoms. The van der Waals surface area contributed by atoms with E-state index in [-0.39, 0.29) is 5.41 Å². The Kier molecular flexibility index (Phi) is 6.50. The fraction of sp³-hybridized carbons (Fsp3) is 0.0690. The van der Waals surface area contributed by atoms with E-state index in [1.165, 1.54) is 105 Å². The zero-order valence-corrected chi connectivity index (χ0v) is 33.0. The van der Waals surface area contributed by atoms with Crippen molar-refractivity contribution >= 4 is 49.4 Å². The zero-order valence-electron chi connectivity index (χ0n) is 33.0.